The van der Waals surface area contributed by atoms with Crippen molar-refractivity contribution >= 4 is 28.1 Å². The summed E-state index contributed by atoms with van der Waals surface area (Å²) in [5.41, 5.74) is 19.3. The third-order valence-corrected chi connectivity index (χ3v) is 14.4. The smallest absolute Gasteiger partial charge is 0.243 e. The normalized spacial score (nSPS) is 15.5. The number of thiazole rings is 1. The van der Waals surface area contributed by atoms with Crippen LogP contribution in [0.5, 0.6) is 0 Å². The Bertz CT molecular complexity index is 2350. The topological polar surface area (TPSA) is 111 Å². The minimum Gasteiger partial charge on any atom is -0.371 e. The lowest BCUT2D eigenvalue weighted by molar-refractivity contribution is -0.128. The first kappa shape index (κ1) is 49.3. The maximum absolute atomic E-state index is 14.6. The number of aromatic nitrogens is 3. The Hall–Kier alpha value is -5.09. The molecule has 2 unspecified atom stereocenters. The van der Waals surface area contributed by atoms with E-state index in [1.165, 1.54) is 27.7 Å². The first-order valence-corrected chi connectivity index (χ1v) is 24.6. The van der Waals surface area contributed by atoms with E-state index in [0.717, 1.165) is 110 Å². The number of nitrogens with one attached hydrogen (secondary N) is 2. The quantitative estimate of drug-likeness (QED) is 0.0666. The number of nitrogens with two attached hydrogens (primary N) is 1. The van der Waals surface area contributed by atoms with E-state index in [0.29, 0.717) is 13.0 Å². The van der Waals surface area contributed by atoms with Gasteiger partial charge in [-0.3, -0.25) is 9.78 Å². The van der Waals surface area contributed by atoms with Crippen LogP contribution in [0.2, 0.25) is 0 Å². The molecule has 0 aliphatic carbocycles. The maximum Gasteiger partial charge on any atom is 0.243 e. The molecular formula is C53H76N10OS. The molecule has 0 spiro atoms. The fourth-order valence-corrected chi connectivity index (χ4v) is 10.5. The molecule has 0 radical (unpaired) electrons. The zero-order valence-electron chi connectivity index (χ0n) is 40.8. The molecule has 5 heterocycles. The first-order chi connectivity index (χ1) is 31.0. The SMILES string of the molecule is C#CCCC(C)(C)Cc1c(-c2cccnc2C(C)C)n(CC)c2ccc(-c3csc(CC(NC(=O)C(C(C)C)N(C)C(=C)N(C)C4CN(C(=C)CCN)C4)C(=C)N4CCCCN4)n3)cc12. The van der Waals surface area contributed by atoms with Gasteiger partial charge in [0.1, 0.15) is 6.04 Å². The number of nitrogens with zero attached hydrogens (tertiary/aromatic N) is 7. The predicted molar refractivity (Wildman–Crippen MR) is 272 cm³/mol. The summed E-state index contributed by atoms with van der Waals surface area (Å²) in [6.45, 7) is 33.6. The van der Waals surface area contributed by atoms with Crippen molar-refractivity contribution in [3.05, 3.63) is 95.1 Å². The molecular weight excluding hydrogens is 825 g/mol. The second kappa shape index (κ2) is 21.5. The Morgan fingerprint density at radius 1 is 1.14 bits per heavy atom. The van der Waals surface area contributed by atoms with Crippen molar-refractivity contribution in [2.75, 3.05) is 46.8 Å². The van der Waals surface area contributed by atoms with Gasteiger partial charge in [-0.1, -0.05) is 67.3 Å². The third kappa shape index (κ3) is 11.1. The van der Waals surface area contributed by atoms with Crippen LogP contribution in [0.3, 0.4) is 0 Å². The third-order valence-electron chi connectivity index (χ3n) is 13.6. The van der Waals surface area contributed by atoms with E-state index in [9.17, 15) is 4.79 Å². The van der Waals surface area contributed by atoms with Crippen LogP contribution in [0, 0.1) is 23.7 Å². The summed E-state index contributed by atoms with van der Waals surface area (Å²) in [5, 5.41) is 9.91. The number of benzene rings is 1. The van der Waals surface area contributed by atoms with Gasteiger partial charge in [0, 0.05) is 105 Å². The minimum atomic E-state index is -0.453. The van der Waals surface area contributed by atoms with E-state index in [-0.39, 0.29) is 35.2 Å². The molecule has 0 saturated carbocycles. The number of rotatable bonds is 22. The number of aryl methyl sites for hydroxylation is 1. The molecule has 1 amide bonds. The van der Waals surface area contributed by atoms with E-state index < -0.39 is 6.04 Å². The van der Waals surface area contributed by atoms with Gasteiger partial charge in [-0.05, 0) is 92.7 Å². The molecule has 6 rings (SSSR count). The average Bonchev–Trinajstić information content (AvgIpc) is 3.86. The molecule has 2 aliphatic rings. The van der Waals surface area contributed by atoms with Crippen LogP contribution in [0.1, 0.15) is 103 Å². The molecule has 0 bridgehead atoms. The molecule has 4 aromatic rings. The molecule has 2 fully saturated rings. The number of hydrogen-bond donors (Lipinski definition) is 3. The average molecular weight is 901 g/mol. The number of amides is 1. The summed E-state index contributed by atoms with van der Waals surface area (Å²) in [4.78, 5) is 31.3. The Balaban J connectivity index is 1.30. The molecule has 4 N–H and O–H groups in total. The van der Waals surface area contributed by atoms with E-state index in [1.807, 2.05) is 18.1 Å². The summed E-state index contributed by atoms with van der Waals surface area (Å²) in [6, 6.07) is 10.5. The van der Waals surface area contributed by atoms with Crippen LogP contribution in [0.4, 0.5) is 0 Å². The van der Waals surface area contributed by atoms with Gasteiger partial charge in [-0.2, -0.15) is 0 Å². The maximum atomic E-state index is 14.6. The molecule has 65 heavy (non-hydrogen) atoms. The van der Waals surface area contributed by atoms with Crippen LogP contribution in [-0.2, 0) is 24.2 Å². The van der Waals surface area contributed by atoms with Crippen molar-refractivity contribution in [3.8, 4) is 34.9 Å². The fourth-order valence-electron chi connectivity index (χ4n) is 9.63. The summed E-state index contributed by atoms with van der Waals surface area (Å²) in [6.07, 6.45) is 13.7. The minimum absolute atomic E-state index is 0.0155. The van der Waals surface area contributed by atoms with E-state index in [1.54, 1.807) is 11.3 Å². The number of carbonyl (C=O) groups is 1. The second-order valence-electron chi connectivity index (χ2n) is 19.6. The molecule has 2 aliphatic heterocycles. The zero-order valence-corrected chi connectivity index (χ0v) is 41.7. The van der Waals surface area contributed by atoms with Crippen molar-refractivity contribution in [1.82, 2.24) is 45.0 Å². The molecule has 12 heteroatoms. The molecule has 350 valence electrons. The number of likely N-dealkylation sites (N-methyl/N-ethyl adjacent to an activating group) is 2. The van der Waals surface area contributed by atoms with Gasteiger partial charge >= 0.3 is 0 Å². The van der Waals surface area contributed by atoms with Crippen LogP contribution in [0.25, 0.3) is 33.4 Å². The number of terminal acetylenes is 1. The zero-order chi connectivity index (χ0) is 47.2. The number of hydrazine groups is 1. The van der Waals surface area contributed by atoms with Crippen molar-refractivity contribution in [1.29, 1.82) is 0 Å². The van der Waals surface area contributed by atoms with Gasteiger partial charge in [-0.15, -0.1) is 23.7 Å². The molecule has 1 aromatic carbocycles. The van der Waals surface area contributed by atoms with Crippen molar-refractivity contribution < 1.29 is 4.79 Å². The van der Waals surface area contributed by atoms with E-state index >= 15 is 0 Å². The van der Waals surface area contributed by atoms with Gasteiger partial charge in [0.05, 0.1) is 40.0 Å². The lowest BCUT2D eigenvalue weighted by atomic mass is 9.80. The summed E-state index contributed by atoms with van der Waals surface area (Å²) >= 11 is 1.63. The van der Waals surface area contributed by atoms with Crippen LogP contribution in [-0.4, -0.2) is 105 Å². The van der Waals surface area contributed by atoms with Crippen LogP contribution < -0.4 is 16.5 Å². The molecule has 2 saturated heterocycles. The largest absolute Gasteiger partial charge is 0.371 e. The highest BCUT2D eigenvalue weighted by molar-refractivity contribution is 7.10. The summed E-state index contributed by atoms with van der Waals surface area (Å²) in [5.74, 6) is 3.92. The molecule has 3 aromatic heterocycles. The van der Waals surface area contributed by atoms with Gasteiger partial charge in [0.25, 0.3) is 0 Å². The highest BCUT2D eigenvalue weighted by Crippen LogP contribution is 2.42. The standard InChI is InChI=1S/C53H76N10OS/c1-14-16-24-53(10,11)31-44-43-29-40(21-22-47(43)62(15-2)51(44)42-20-19-26-55-49(42)35(3)4)46-34-65-48(57-46)30-45(38(8)63-28-18-17-27-56-63)58-52(64)50(36(5)6)60(13)39(9)59(12)41-32-61(33-41)37(7)23-25-54/h1,19-22,26,29,34-36,41,45,50,56H,7-9,15-18,23-25,27-28,30-33,54H2,2-6,10-13H3,(H,58,64). The van der Waals surface area contributed by atoms with Crippen molar-refractivity contribution in [2.45, 2.75) is 124 Å². The highest BCUT2D eigenvalue weighted by Gasteiger charge is 2.36. The number of hydrogen-bond acceptors (Lipinski definition) is 10. The lowest BCUT2D eigenvalue weighted by Crippen LogP contribution is -2.60. The number of likely N-dealkylation sites (tertiary alicyclic amines) is 1. The Morgan fingerprint density at radius 2 is 1.89 bits per heavy atom. The van der Waals surface area contributed by atoms with Crippen LogP contribution in [0.15, 0.2) is 78.9 Å². The summed E-state index contributed by atoms with van der Waals surface area (Å²) < 4.78 is 2.46. The van der Waals surface area contributed by atoms with Gasteiger partial charge in [-0.25, -0.2) is 10.4 Å². The van der Waals surface area contributed by atoms with Crippen molar-refractivity contribution in [3.63, 3.8) is 0 Å². The predicted octanol–water partition coefficient (Wildman–Crippen LogP) is 9.00. The monoisotopic (exact) mass is 901 g/mol. The van der Waals surface area contributed by atoms with Crippen molar-refractivity contribution in [2.24, 2.45) is 17.1 Å². The lowest BCUT2D eigenvalue weighted by Gasteiger charge is -2.49. The number of carbonyl (C=O) groups excluding carboxylic acids is 1. The Labute approximate surface area is 394 Å². The van der Waals surface area contributed by atoms with Crippen LogP contribution >= 0.6 is 11.3 Å². The second-order valence-corrected chi connectivity index (χ2v) is 20.5. The van der Waals surface area contributed by atoms with Gasteiger partial charge < -0.3 is 35.3 Å². The fraction of sp³-hybridized carbons (Fsp3) is 0.528. The number of pyridine rings is 1. The van der Waals surface area contributed by atoms with Gasteiger partial charge in [0.15, 0.2) is 0 Å². The highest BCUT2D eigenvalue weighted by atomic mass is 32.1. The Kier molecular flexibility index (Phi) is 16.3. The Morgan fingerprint density at radius 3 is 2.54 bits per heavy atom. The van der Waals surface area contributed by atoms with E-state index in [2.05, 4.69) is 147 Å². The first-order valence-electron chi connectivity index (χ1n) is 23.8. The molecule has 11 nitrogen and oxygen atoms in total. The summed E-state index contributed by atoms with van der Waals surface area (Å²) in [7, 11) is 4.05. The van der Waals surface area contributed by atoms with E-state index in [4.69, 9.17) is 22.1 Å². The van der Waals surface area contributed by atoms with Gasteiger partial charge in [0.2, 0.25) is 5.91 Å². The number of fused-ring (bicyclic) bond motifs is 1. The molecule has 2 atom stereocenters.